The maximum Gasteiger partial charge on any atom is 0.0958 e. The molecule has 1 fully saturated rings. The number of piperidine rings is 1. The zero-order valence-electron chi connectivity index (χ0n) is 6.01. The first-order chi connectivity index (χ1) is 4.34. The molecule has 1 atom stereocenters. The smallest absolute Gasteiger partial charge is 0.0958 e. The molecular formula is C7H15NO. The molecular weight excluding hydrogens is 114 g/mol. The second kappa shape index (κ2) is 3.18. The Bertz CT molecular complexity index is 85.0. The van der Waals surface area contributed by atoms with E-state index in [-0.39, 0.29) is 6.73 Å². The number of hydrogen-bond donors (Lipinski definition) is 1. The van der Waals surface area contributed by atoms with Crippen molar-refractivity contribution in [3.8, 4) is 0 Å². The molecule has 0 aromatic rings. The molecule has 1 N–H and O–H groups in total. The predicted octanol–water partition coefficient (Wildman–Crippen LogP) is 0.811. The van der Waals surface area contributed by atoms with Crippen LogP contribution in [-0.2, 0) is 0 Å². The minimum absolute atomic E-state index is 0.237. The van der Waals surface area contributed by atoms with E-state index in [9.17, 15) is 0 Å². The monoisotopic (exact) mass is 129 g/mol. The van der Waals surface area contributed by atoms with Crippen molar-refractivity contribution in [2.75, 3.05) is 13.3 Å². The highest BCUT2D eigenvalue weighted by Gasteiger charge is 2.15. The van der Waals surface area contributed by atoms with Gasteiger partial charge in [-0.25, -0.2) is 0 Å². The van der Waals surface area contributed by atoms with Gasteiger partial charge in [-0.15, -0.1) is 0 Å². The largest absolute Gasteiger partial charge is 0.381 e. The molecule has 1 rings (SSSR count). The molecule has 9 heavy (non-hydrogen) atoms. The molecule has 1 aliphatic rings. The Kier molecular flexibility index (Phi) is 2.49. The number of nitrogens with zero attached hydrogens (tertiary/aromatic N) is 1. The molecule has 1 unspecified atom stereocenters. The van der Waals surface area contributed by atoms with Gasteiger partial charge in [0.05, 0.1) is 6.73 Å². The minimum atomic E-state index is 0.237. The molecule has 0 spiro atoms. The molecule has 0 radical (unpaired) electrons. The van der Waals surface area contributed by atoms with Crippen molar-refractivity contribution in [3.63, 3.8) is 0 Å². The maximum absolute atomic E-state index is 8.79. The highest BCUT2D eigenvalue weighted by atomic mass is 16.3. The van der Waals surface area contributed by atoms with Crippen molar-refractivity contribution < 1.29 is 5.11 Å². The summed E-state index contributed by atoms with van der Waals surface area (Å²) in [5.41, 5.74) is 0. The lowest BCUT2D eigenvalue weighted by Gasteiger charge is -2.30. The molecule has 2 heteroatoms. The molecule has 0 bridgehead atoms. The minimum Gasteiger partial charge on any atom is -0.381 e. The first-order valence-corrected chi connectivity index (χ1v) is 3.69. The highest BCUT2D eigenvalue weighted by Crippen LogP contribution is 2.14. The second-order valence-electron chi connectivity index (χ2n) is 2.80. The van der Waals surface area contributed by atoms with Crippen LogP contribution < -0.4 is 0 Å². The SMILES string of the molecule is CC1CCCCN1CO. The Morgan fingerprint density at radius 2 is 2.33 bits per heavy atom. The summed E-state index contributed by atoms with van der Waals surface area (Å²) in [5.74, 6) is 0. The van der Waals surface area contributed by atoms with E-state index in [1.165, 1.54) is 19.3 Å². The average molecular weight is 129 g/mol. The summed E-state index contributed by atoms with van der Waals surface area (Å²) in [6.45, 7) is 3.49. The van der Waals surface area contributed by atoms with E-state index in [0.717, 1.165) is 6.54 Å². The fraction of sp³-hybridized carbons (Fsp3) is 1.00. The molecule has 1 aliphatic heterocycles. The van der Waals surface area contributed by atoms with Crippen LogP contribution in [0.1, 0.15) is 26.2 Å². The van der Waals surface area contributed by atoms with Gasteiger partial charge in [-0.1, -0.05) is 6.42 Å². The normalized spacial score (nSPS) is 30.7. The Labute approximate surface area is 56.5 Å². The zero-order valence-corrected chi connectivity index (χ0v) is 6.01. The predicted molar refractivity (Wildman–Crippen MR) is 37.1 cm³/mol. The fourth-order valence-corrected chi connectivity index (χ4v) is 1.37. The van der Waals surface area contributed by atoms with Gasteiger partial charge in [0.15, 0.2) is 0 Å². The first-order valence-electron chi connectivity index (χ1n) is 3.69. The highest BCUT2D eigenvalue weighted by molar-refractivity contribution is 4.69. The third kappa shape index (κ3) is 1.66. The quantitative estimate of drug-likeness (QED) is 0.566. The topological polar surface area (TPSA) is 23.5 Å². The lowest BCUT2D eigenvalue weighted by molar-refractivity contribution is 0.0517. The van der Waals surface area contributed by atoms with E-state index in [4.69, 9.17) is 5.11 Å². The van der Waals surface area contributed by atoms with Gasteiger partial charge in [-0.05, 0) is 19.8 Å². The standard InChI is InChI=1S/C7H15NO/c1-7-4-2-3-5-8(7)6-9/h7,9H,2-6H2,1H3. The summed E-state index contributed by atoms with van der Waals surface area (Å²) in [7, 11) is 0. The molecule has 1 saturated heterocycles. The van der Waals surface area contributed by atoms with Crippen LogP contribution in [0.25, 0.3) is 0 Å². The van der Waals surface area contributed by atoms with E-state index in [2.05, 4.69) is 11.8 Å². The van der Waals surface area contributed by atoms with Crippen molar-refractivity contribution >= 4 is 0 Å². The van der Waals surface area contributed by atoms with E-state index in [1.54, 1.807) is 0 Å². The van der Waals surface area contributed by atoms with Gasteiger partial charge in [0.2, 0.25) is 0 Å². The maximum atomic E-state index is 8.79. The van der Waals surface area contributed by atoms with Crippen LogP contribution in [0.5, 0.6) is 0 Å². The van der Waals surface area contributed by atoms with E-state index < -0.39 is 0 Å². The number of aliphatic hydroxyl groups excluding tert-OH is 1. The van der Waals surface area contributed by atoms with Crippen molar-refractivity contribution in [2.24, 2.45) is 0 Å². The number of aliphatic hydroxyl groups is 1. The third-order valence-electron chi connectivity index (χ3n) is 2.12. The lowest BCUT2D eigenvalue weighted by atomic mass is 10.1. The summed E-state index contributed by atoms with van der Waals surface area (Å²) < 4.78 is 0. The summed E-state index contributed by atoms with van der Waals surface area (Å²) in [6, 6.07) is 0.601. The van der Waals surface area contributed by atoms with Gasteiger partial charge in [-0.2, -0.15) is 0 Å². The van der Waals surface area contributed by atoms with Gasteiger partial charge < -0.3 is 5.11 Å². The molecule has 0 aromatic heterocycles. The number of likely N-dealkylation sites (tertiary alicyclic amines) is 1. The fourth-order valence-electron chi connectivity index (χ4n) is 1.37. The molecule has 0 aliphatic carbocycles. The van der Waals surface area contributed by atoms with Crippen molar-refractivity contribution in [1.82, 2.24) is 4.90 Å². The van der Waals surface area contributed by atoms with E-state index >= 15 is 0 Å². The van der Waals surface area contributed by atoms with Crippen molar-refractivity contribution in [3.05, 3.63) is 0 Å². The van der Waals surface area contributed by atoms with Crippen LogP contribution in [0.2, 0.25) is 0 Å². The number of hydrogen-bond acceptors (Lipinski definition) is 2. The lowest BCUT2D eigenvalue weighted by Crippen LogP contribution is -2.37. The van der Waals surface area contributed by atoms with Crippen molar-refractivity contribution in [1.29, 1.82) is 0 Å². The third-order valence-corrected chi connectivity index (χ3v) is 2.12. The summed E-state index contributed by atoms with van der Waals surface area (Å²) >= 11 is 0. The van der Waals surface area contributed by atoms with Gasteiger partial charge in [0.25, 0.3) is 0 Å². The van der Waals surface area contributed by atoms with Crippen LogP contribution in [0.3, 0.4) is 0 Å². The Hall–Kier alpha value is -0.0800. The van der Waals surface area contributed by atoms with E-state index in [1.807, 2.05) is 0 Å². The van der Waals surface area contributed by atoms with Crippen molar-refractivity contribution in [2.45, 2.75) is 32.2 Å². The molecule has 0 amide bonds. The van der Waals surface area contributed by atoms with Crippen LogP contribution in [-0.4, -0.2) is 29.3 Å². The van der Waals surface area contributed by atoms with Gasteiger partial charge in [-0.3, -0.25) is 4.90 Å². The molecule has 0 saturated carbocycles. The second-order valence-corrected chi connectivity index (χ2v) is 2.80. The molecule has 2 nitrogen and oxygen atoms in total. The zero-order chi connectivity index (χ0) is 6.69. The first kappa shape index (κ1) is 7.03. The number of rotatable bonds is 1. The van der Waals surface area contributed by atoms with Gasteiger partial charge >= 0.3 is 0 Å². The summed E-state index contributed by atoms with van der Waals surface area (Å²) in [5, 5.41) is 8.79. The molecule has 1 heterocycles. The van der Waals surface area contributed by atoms with Gasteiger partial charge in [0, 0.05) is 12.6 Å². The van der Waals surface area contributed by atoms with Crippen LogP contribution in [0, 0.1) is 0 Å². The van der Waals surface area contributed by atoms with Crippen LogP contribution >= 0.6 is 0 Å². The average Bonchev–Trinajstić information content (AvgIpc) is 1.89. The summed E-state index contributed by atoms with van der Waals surface area (Å²) in [4.78, 5) is 2.11. The van der Waals surface area contributed by atoms with Gasteiger partial charge in [0.1, 0.15) is 0 Å². The van der Waals surface area contributed by atoms with Crippen LogP contribution in [0.4, 0.5) is 0 Å². The Morgan fingerprint density at radius 3 is 2.78 bits per heavy atom. The van der Waals surface area contributed by atoms with Crippen LogP contribution in [0.15, 0.2) is 0 Å². The summed E-state index contributed by atoms with van der Waals surface area (Å²) in [6.07, 6.45) is 3.84. The van der Waals surface area contributed by atoms with E-state index in [0.29, 0.717) is 6.04 Å². The Morgan fingerprint density at radius 1 is 1.56 bits per heavy atom. The Balaban J connectivity index is 2.30. The molecule has 0 aromatic carbocycles. The molecule has 54 valence electrons.